The number of hydrogen-bond donors (Lipinski definition) is 1. The van der Waals surface area contributed by atoms with Crippen molar-refractivity contribution in [3.05, 3.63) is 60.3 Å². The van der Waals surface area contributed by atoms with Crippen LogP contribution >= 0.6 is 0 Å². The summed E-state index contributed by atoms with van der Waals surface area (Å²) in [5.41, 5.74) is 0.981. The highest BCUT2D eigenvalue weighted by Gasteiger charge is 2.07. The molecule has 0 atom stereocenters. The van der Waals surface area contributed by atoms with Crippen molar-refractivity contribution < 1.29 is 14.3 Å². The fourth-order valence-electron chi connectivity index (χ4n) is 2.24. The SMILES string of the molecule is COc1ccc(CNC(=O)COc2nncc3ccccc23)cc1. The number of fused-ring (bicyclic) bond motifs is 1. The third kappa shape index (κ3) is 3.78. The lowest BCUT2D eigenvalue weighted by Gasteiger charge is -2.08. The van der Waals surface area contributed by atoms with Crippen molar-refractivity contribution in [3.8, 4) is 11.6 Å². The average Bonchev–Trinajstić information content (AvgIpc) is 2.65. The second-order valence-electron chi connectivity index (χ2n) is 5.15. The lowest BCUT2D eigenvalue weighted by molar-refractivity contribution is -0.123. The Balaban J connectivity index is 1.55. The summed E-state index contributed by atoms with van der Waals surface area (Å²) in [4.78, 5) is 11.9. The first-order chi connectivity index (χ1) is 11.8. The highest BCUT2D eigenvalue weighted by atomic mass is 16.5. The summed E-state index contributed by atoms with van der Waals surface area (Å²) in [6, 6.07) is 15.1. The largest absolute Gasteiger partial charge is 0.497 e. The number of hydrogen-bond acceptors (Lipinski definition) is 5. The Bertz CT molecular complexity index is 829. The highest BCUT2D eigenvalue weighted by molar-refractivity contribution is 5.86. The minimum absolute atomic E-state index is 0.112. The van der Waals surface area contributed by atoms with Gasteiger partial charge in [-0.05, 0) is 23.8 Å². The predicted octanol–water partition coefficient (Wildman–Crippen LogP) is 2.33. The van der Waals surface area contributed by atoms with Gasteiger partial charge in [0.25, 0.3) is 5.91 Å². The number of carbonyl (C=O) groups excluding carboxylic acids is 1. The minimum Gasteiger partial charge on any atom is -0.497 e. The van der Waals surface area contributed by atoms with Crippen molar-refractivity contribution in [1.29, 1.82) is 0 Å². The van der Waals surface area contributed by atoms with Gasteiger partial charge in [-0.25, -0.2) is 0 Å². The Morgan fingerprint density at radius 1 is 1.12 bits per heavy atom. The van der Waals surface area contributed by atoms with Gasteiger partial charge in [-0.15, -0.1) is 5.10 Å². The molecule has 0 aliphatic carbocycles. The molecule has 1 N–H and O–H groups in total. The summed E-state index contributed by atoms with van der Waals surface area (Å²) < 4.78 is 10.6. The molecule has 1 aromatic heterocycles. The van der Waals surface area contributed by atoms with E-state index in [-0.39, 0.29) is 12.5 Å². The fraction of sp³-hybridized carbons (Fsp3) is 0.167. The van der Waals surface area contributed by atoms with E-state index >= 15 is 0 Å². The van der Waals surface area contributed by atoms with Crippen LogP contribution in [0, 0.1) is 0 Å². The number of ether oxygens (including phenoxy) is 2. The number of nitrogens with one attached hydrogen (secondary N) is 1. The van der Waals surface area contributed by atoms with Crippen LogP contribution in [-0.4, -0.2) is 29.8 Å². The van der Waals surface area contributed by atoms with Crippen LogP contribution in [0.4, 0.5) is 0 Å². The van der Waals surface area contributed by atoms with Gasteiger partial charge in [-0.2, -0.15) is 5.10 Å². The van der Waals surface area contributed by atoms with Crippen LogP contribution < -0.4 is 14.8 Å². The molecule has 24 heavy (non-hydrogen) atoms. The van der Waals surface area contributed by atoms with E-state index in [4.69, 9.17) is 9.47 Å². The number of aromatic nitrogens is 2. The number of benzene rings is 2. The zero-order valence-electron chi connectivity index (χ0n) is 13.2. The van der Waals surface area contributed by atoms with E-state index < -0.39 is 0 Å². The van der Waals surface area contributed by atoms with Crippen molar-refractivity contribution in [2.75, 3.05) is 13.7 Å². The Morgan fingerprint density at radius 3 is 2.71 bits per heavy atom. The molecule has 0 bridgehead atoms. The molecule has 0 radical (unpaired) electrons. The lowest BCUT2D eigenvalue weighted by atomic mass is 10.2. The van der Waals surface area contributed by atoms with Gasteiger partial charge in [0.1, 0.15) is 5.75 Å². The van der Waals surface area contributed by atoms with E-state index in [1.807, 2.05) is 48.5 Å². The number of amides is 1. The van der Waals surface area contributed by atoms with Gasteiger partial charge < -0.3 is 14.8 Å². The van der Waals surface area contributed by atoms with Gasteiger partial charge in [0.15, 0.2) is 6.61 Å². The minimum atomic E-state index is -0.222. The first-order valence-electron chi connectivity index (χ1n) is 7.49. The summed E-state index contributed by atoms with van der Waals surface area (Å²) in [7, 11) is 1.62. The first-order valence-corrected chi connectivity index (χ1v) is 7.49. The summed E-state index contributed by atoms with van der Waals surface area (Å²) >= 11 is 0. The zero-order chi connectivity index (χ0) is 16.8. The second-order valence-corrected chi connectivity index (χ2v) is 5.15. The quantitative estimate of drug-likeness (QED) is 0.754. The molecule has 6 heteroatoms. The Kier molecular flexibility index (Phi) is 4.86. The molecule has 3 rings (SSSR count). The molecule has 0 saturated heterocycles. The molecule has 1 heterocycles. The van der Waals surface area contributed by atoms with Crippen molar-refractivity contribution >= 4 is 16.7 Å². The molecular formula is C18H17N3O3. The maximum absolute atomic E-state index is 11.9. The topological polar surface area (TPSA) is 73.3 Å². The van der Waals surface area contributed by atoms with Gasteiger partial charge in [-0.1, -0.05) is 30.3 Å². The van der Waals surface area contributed by atoms with Crippen LogP contribution in [0.5, 0.6) is 11.6 Å². The maximum atomic E-state index is 11.9. The number of methoxy groups -OCH3 is 1. The summed E-state index contributed by atoms with van der Waals surface area (Å²) in [5.74, 6) is 0.913. The molecule has 0 aliphatic heterocycles. The highest BCUT2D eigenvalue weighted by Crippen LogP contribution is 2.21. The molecule has 2 aromatic carbocycles. The smallest absolute Gasteiger partial charge is 0.258 e. The monoisotopic (exact) mass is 323 g/mol. The van der Waals surface area contributed by atoms with Crippen LogP contribution in [0.1, 0.15) is 5.56 Å². The average molecular weight is 323 g/mol. The molecule has 122 valence electrons. The summed E-state index contributed by atoms with van der Waals surface area (Å²) in [6.45, 7) is 0.312. The Labute approximate surface area is 139 Å². The molecule has 0 aliphatic rings. The van der Waals surface area contributed by atoms with Crippen LogP contribution in [0.2, 0.25) is 0 Å². The van der Waals surface area contributed by atoms with E-state index in [0.29, 0.717) is 12.4 Å². The first kappa shape index (κ1) is 15.7. The van der Waals surface area contributed by atoms with Crippen LogP contribution in [0.3, 0.4) is 0 Å². The molecule has 6 nitrogen and oxygen atoms in total. The molecule has 0 unspecified atom stereocenters. The molecule has 0 spiro atoms. The van der Waals surface area contributed by atoms with Gasteiger partial charge in [0.05, 0.1) is 13.3 Å². The Morgan fingerprint density at radius 2 is 1.92 bits per heavy atom. The van der Waals surface area contributed by atoms with E-state index in [1.54, 1.807) is 13.3 Å². The van der Waals surface area contributed by atoms with Gasteiger partial charge in [-0.3, -0.25) is 4.79 Å². The van der Waals surface area contributed by atoms with Crippen molar-refractivity contribution in [2.45, 2.75) is 6.54 Å². The molecular weight excluding hydrogens is 306 g/mol. The van der Waals surface area contributed by atoms with E-state index in [1.165, 1.54) is 0 Å². The third-order valence-corrected chi connectivity index (χ3v) is 3.53. The van der Waals surface area contributed by atoms with Gasteiger partial charge >= 0.3 is 0 Å². The maximum Gasteiger partial charge on any atom is 0.258 e. The van der Waals surface area contributed by atoms with E-state index in [2.05, 4.69) is 15.5 Å². The van der Waals surface area contributed by atoms with Crippen molar-refractivity contribution in [3.63, 3.8) is 0 Å². The summed E-state index contributed by atoms with van der Waals surface area (Å²) in [5, 5.41) is 12.4. The van der Waals surface area contributed by atoms with E-state index in [9.17, 15) is 4.79 Å². The molecule has 0 saturated carbocycles. The standard InChI is InChI=1S/C18H17N3O3/c1-23-15-8-6-13(7-9-15)10-19-17(22)12-24-18-16-5-3-2-4-14(16)11-20-21-18/h2-9,11H,10,12H2,1H3,(H,19,22). The number of rotatable bonds is 6. The van der Waals surface area contributed by atoms with Crippen LogP contribution in [-0.2, 0) is 11.3 Å². The lowest BCUT2D eigenvalue weighted by Crippen LogP contribution is -2.28. The zero-order valence-corrected chi connectivity index (χ0v) is 13.2. The van der Waals surface area contributed by atoms with E-state index in [0.717, 1.165) is 22.1 Å². The van der Waals surface area contributed by atoms with Gasteiger partial charge in [0.2, 0.25) is 5.88 Å². The summed E-state index contributed by atoms with van der Waals surface area (Å²) in [6.07, 6.45) is 1.66. The number of nitrogens with zero attached hydrogens (tertiary/aromatic N) is 2. The molecule has 3 aromatic rings. The van der Waals surface area contributed by atoms with Crippen LogP contribution in [0.15, 0.2) is 54.7 Å². The second kappa shape index (κ2) is 7.41. The molecule has 0 fully saturated rings. The predicted molar refractivity (Wildman–Crippen MR) is 89.9 cm³/mol. The number of carbonyl (C=O) groups is 1. The third-order valence-electron chi connectivity index (χ3n) is 3.53. The Hall–Kier alpha value is -3.15. The molecule has 1 amide bonds. The fourth-order valence-corrected chi connectivity index (χ4v) is 2.24. The van der Waals surface area contributed by atoms with Crippen molar-refractivity contribution in [1.82, 2.24) is 15.5 Å². The normalized spacial score (nSPS) is 10.4. The van der Waals surface area contributed by atoms with Crippen LogP contribution in [0.25, 0.3) is 10.8 Å². The van der Waals surface area contributed by atoms with Crippen molar-refractivity contribution in [2.24, 2.45) is 0 Å². The van der Waals surface area contributed by atoms with Gasteiger partial charge in [0, 0.05) is 17.3 Å².